The predicted molar refractivity (Wildman–Crippen MR) is 83.8 cm³/mol. The topological polar surface area (TPSA) is 50.4 Å². The van der Waals surface area contributed by atoms with Gasteiger partial charge in [-0.05, 0) is 57.5 Å². The number of hydrogen-bond donors (Lipinski definition) is 2. The maximum atomic E-state index is 12.2. The number of aryl methyl sites for hydroxylation is 1. The molecule has 0 radical (unpaired) electrons. The summed E-state index contributed by atoms with van der Waals surface area (Å²) in [6, 6.07) is 5.86. The molecule has 4 nitrogen and oxygen atoms in total. The molecule has 0 bridgehead atoms. The van der Waals surface area contributed by atoms with Crippen molar-refractivity contribution in [2.24, 2.45) is 5.92 Å². The van der Waals surface area contributed by atoms with E-state index in [-0.39, 0.29) is 24.2 Å². The third-order valence-electron chi connectivity index (χ3n) is 3.40. The van der Waals surface area contributed by atoms with Crippen LogP contribution in [0.15, 0.2) is 18.2 Å². The number of ether oxygens (including phenoxy) is 1. The van der Waals surface area contributed by atoms with Crippen molar-refractivity contribution in [3.63, 3.8) is 0 Å². The molecular weight excluding hydrogens is 276 g/mol. The van der Waals surface area contributed by atoms with Crippen LogP contribution < -0.4 is 15.4 Å². The van der Waals surface area contributed by atoms with Crippen molar-refractivity contribution >= 4 is 24.0 Å². The SMILES string of the molecule is CCOc1cc(C)ccc1NC(=O)C1CCNCC1.Cl. The fourth-order valence-corrected chi connectivity index (χ4v) is 2.33. The third-order valence-corrected chi connectivity index (χ3v) is 3.40. The molecular formula is C15H23ClN2O2. The van der Waals surface area contributed by atoms with Crippen LogP contribution >= 0.6 is 12.4 Å². The molecule has 1 aliphatic heterocycles. The van der Waals surface area contributed by atoms with Crippen LogP contribution in [0, 0.1) is 12.8 Å². The van der Waals surface area contributed by atoms with E-state index < -0.39 is 0 Å². The van der Waals surface area contributed by atoms with Gasteiger partial charge in [0.1, 0.15) is 5.75 Å². The zero-order valence-corrected chi connectivity index (χ0v) is 12.9. The monoisotopic (exact) mass is 298 g/mol. The Labute approximate surface area is 126 Å². The van der Waals surface area contributed by atoms with Crippen molar-refractivity contribution < 1.29 is 9.53 Å². The van der Waals surface area contributed by atoms with E-state index in [9.17, 15) is 4.79 Å². The summed E-state index contributed by atoms with van der Waals surface area (Å²) in [5.41, 5.74) is 1.90. The van der Waals surface area contributed by atoms with Crippen LogP contribution in [0.1, 0.15) is 25.3 Å². The van der Waals surface area contributed by atoms with Crippen LogP contribution in [-0.2, 0) is 4.79 Å². The molecule has 1 heterocycles. The Morgan fingerprint density at radius 3 is 2.75 bits per heavy atom. The summed E-state index contributed by atoms with van der Waals surface area (Å²) in [5.74, 6) is 0.966. The fraction of sp³-hybridized carbons (Fsp3) is 0.533. The van der Waals surface area contributed by atoms with Crippen LogP contribution in [0.5, 0.6) is 5.75 Å². The molecule has 2 N–H and O–H groups in total. The molecule has 0 aromatic heterocycles. The lowest BCUT2D eigenvalue weighted by atomic mass is 9.97. The Morgan fingerprint density at radius 2 is 2.10 bits per heavy atom. The summed E-state index contributed by atoms with van der Waals surface area (Å²) >= 11 is 0. The highest BCUT2D eigenvalue weighted by molar-refractivity contribution is 5.94. The standard InChI is InChI=1S/C15H22N2O2.ClH/c1-3-19-14-10-11(2)4-5-13(14)17-15(18)12-6-8-16-9-7-12;/h4-5,10,12,16H,3,6-9H2,1-2H3,(H,17,18);1H. The van der Waals surface area contributed by atoms with Crippen LogP contribution in [0.3, 0.4) is 0 Å². The van der Waals surface area contributed by atoms with Gasteiger partial charge in [-0.3, -0.25) is 4.79 Å². The molecule has 0 saturated carbocycles. The zero-order chi connectivity index (χ0) is 13.7. The molecule has 1 aromatic carbocycles. The highest BCUT2D eigenvalue weighted by atomic mass is 35.5. The van der Waals surface area contributed by atoms with Crippen molar-refractivity contribution in [3.05, 3.63) is 23.8 Å². The first-order valence-electron chi connectivity index (χ1n) is 6.95. The minimum atomic E-state index is 0. The average molecular weight is 299 g/mol. The molecule has 0 spiro atoms. The van der Waals surface area contributed by atoms with Crippen molar-refractivity contribution in [1.29, 1.82) is 0 Å². The normalized spacial score (nSPS) is 15.3. The number of nitrogens with one attached hydrogen (secondary N) is 2. The van der Waals surface area contributed by atoms with Crippen molar-refractivity contribution in [2.75, 3.05) is 25.0 Å². The summed E-state index contributed by atoms with van der Waals surface area (Å²) in [4.78, 5) is 12.2. The summed E-state index contributed by atoms with van der Waals surface area (Å²) in [5, 5.41) is 6.27. The van der Waals surface area contributed by atoms with E-state index in [0.29, 0.717) is 6.61 Å². The Hall–Kier alpha value is -1.26. The molecule has 5 heteroatoms. The molecule has 112 valence electrons. The van der Waals surface area contributed by atoms with E-state index >= 15 is 0 Å². The van der Waals surface area contributed by atoms with E-state index in [1.807, 2.05) is 32.0 Å². The number of hydrogen-bond acceptors (Lipinski definition) is 3. The number of carbonyl (C=O) groups excluding carboxylic acids is 1. The molecule has 0 aliphatic carbocycles. The maximum Gasteiger partial charge on any atom is 0.227 e. The van der Waals surface area contributed by atoms with Crippen LogP contribution in [-0.4, -0.2) is 25.6 Å². The van der Waals surface area contributed by atoms with Crippen LogP contribution in [0.25, 0.3) is 0 Å². The average Bonchev–Trinajstić information content (AvgIpc) is 2.43. The van der Waals surface area contributed by atoms with Gasteiger partial charge in [-0.2, -0.15) is 0 Å². The van der Waals surface area contributed by atoms with E-state index in [1.165, 1.54) is 0 Å². The second-order valence-corrected chi connectivity index (χ2v) is 4.95. The van der Waals surface area contributed by atoms with Crippen LogP contribution in [0.4, 0.5) is 5.69 Å². The molecule has 1 saturated heterocycles. The molecule has 1 fully saturated rings. The van der Waals surface area contributed by atoms with E-state index in [4.69, 9.17) is 4.74 Å². The fourth-order valence-electron chi connectivity index (χ4n) is 2.33. The molecule has 0 unspecified atom stereocenters. The predicted octanol–water partition coefficient (Wildman–Crippen LogP) is 2.75. The Bertz CT molecular complexity index is 445. The molecule has 2 rings (SSSR count). The molecule has 20 heavy (non-hydrogen) atoms. The lowest BCUT2D eigenvalue weighted by molar-refractivity contribution is -0.120. The second kappa shape index (κ2) is 8.12. The lowest BCUT2D eigenvalue weighted by Crippen LogP contribution is -2.34. The molecule has 0 atom stereocenters. The van der Waals surface area contributed by atoms with Gasteiger partial charge in [-0.1, -0.05) is 6.07 Å². The minimum Gasteiger partial charge on any atom is -0.492 e. The Kier molecular flexibility index (Phi) is 6.82. The van der Waals surface area contributed by atoms with E-state index in [1.54, 1.807) is 0 Å². The summed E-state index contributed by atoms with van der Waals surface area (Å²) < 4.78 is 5.58. The first-order chi connectivity index (χ1) is 9.20. The first kappa shape index (κ1) is 16.8. The smallest absolute Gasteiger partial charge is 0.227 e. The van der Waals surface area contributed by atoms with Gasteiger partial charge in [-0.15, -0.1) is 12.4 Å². The van der Waals surface area contributed by atoms with Gasteiger partial charge in [0.2, 0.25) is 5.91 Å². The number of amides is 1. The lowest BCUT2D eigenvalue weighted by Gasteiger charge is -2.22. The molecule has 1 aromatic rings. The van der Waals surface area contributed by atoms with Crippen molar-refractivity contribution in [1.82, 2.24) is 5.32 Å². The van der Waals surface area contributed by atoms with Gasteiger partial charge in [0, 0.05) is 5.92 Å². The van der Waals surface area contributed by atoms with Gasteiger partial charge in [0.05, 0.1) is 12.3 Å². The summed E-state index contributed by atoms with van der Waals surface area (Å²) in [6.07, 6.45) is 1.81. The molecule has 1 aliphatic rings. The third kappa shape index (κ3) is 4.39. The molecule has 1 amide bonds. The van der Waals surface area contributed by atoms with E-state index in [0.717, 1.165) is 42.9 Å². The quantitative estimate of drug-likeness (QED) is 0.898. The first-order valence-corrected chi connectivity index (χ1v) is 6.95. The number of anilines is 1. The van der Waals surface area contributed by atoms with Gasteiger partial charge in [0.15, 0.2) is 0 Å². The highest BCUT2D eigenvalue weighted by Crippen LogP contribution is 2.27. The number of rotatable bonds is 4. The summed E-state index contributed by atoms with van der Waals surface area (Å²) in [6.45, 7) is 6.40. The van der Waals surface area contributed by atoms with E-state index in [2.05, 4.69) is 10.6 Å². The van der Waals surface area contributed by atoms with Crippen molar-refractivity contribution in [3.8, 4) is 5.75 Å². The number of halogens is 1. The Balaban J connectivity index is 0.00000200. The largest absolute Gasteiger partial charge is 0.492 e. The summed E-state index contributed by atoms with van der Waals surface area (Å²) in [7, 11) is 0. The number of piperidine rings is 1. The maximum absolute atomic E-state index is 12.2. The van der Waals surface area contributed by atoms with Gasteiger partial charge < -0.3 is 15.4 Å². The second-order valence-electron chi connectivity index (χ2n) is 4.95. The number of carbonyl (C=O) groups is 1. The minimum absolute atomic E-state index is 0. The number of benzene rings is 1. The zero-order valence-electron chi connectivity index (χ0n) is 12.1. The van der Waals surface area contributed by atoms with Crippen molar-refractivity contribution in [2.45, 2.75) is 26.7 Å². The highest BCUT2D eigenvalue weighted by Gasteiger charge is 2.21. The van der Waals surface area contributed by atoms with Gasteiger partial charge in [-0.25, -0.2) is 0 Å². The van der Waals surface area contributed by atoms with Gasteiger partial charge in [0.25, 0.3) is 0 Å². The van der Waals surface area contributed by atoms with Gasteiger partial charge >= 0.3 is 0 Å². The Morgan fingerprint density at radius 1 is 1.40 bits per heavy atom. The van der Waals surface area contributed by atoms with Crippen LogP contribution in [0.2, 0.25) is 0 Å².